The predicted octanol–water partition coefficient (Wildman–Crippen LogP) is 2.95. The second-order valence-corrected chi connectivity index (χ2v) is 8.64. The van der Waals surface area contributed by atoms with Gasteiger partial charge in [-0.25, -0.2) is 4.98 Å². The summed E-state index contributed by atoms with van der Waals surface area (Å²) in [6.45, 7) is 0.558. The number of aliphatic hydroxyl groups is 1. The number of ether oxygens (including phenoxy) is 2. The molecule has 2 N–H and O–H groups in total. The van der Waals surface area contributed by atoms with Gasteiger partial charge in [-0.05, 0) is 36.9 Å². The molecule has 9 heteroatoms. The van der Waals surface area contributed by atoms with E-state index in [4.69, 9.17) is 21.1 Å². The van der Waals surface area contributed by atoms with E-state index in [2.05, 4.69) is 15.3 Å². The highest BCUT2D eigenvalue weighted by Gasteiger charge is 2.46. The second-order valence-electron chi connectivity index (χ2n) is 8.24. The van der Waals surface area contributed by atoms with E-state index < -0.39 is 18.2 Å². The van der Waals surface area contributed by atoms with Gasteiger partial charge in [0.05, 0.1) is 30.4 Å². The minimum atomic E-state index is -0.869. The third-order valence-corrected chi connectivity index (χ3v) is 6.27. The van der Waals surface area contributed by atoms with Gasteiger partial charge in [0.2, 0.25) is 0 Å². The largest absolute Gasteiger partial charge is 0.497 e. The van der Waals surface area contributed by atoms with E-state index in [9.17, 15) is 9.90 Å². The first-order valence-electron chi connectivity index (χ1n) is 11.0. The summed E-state index contributed by atoms with van der Waals surface area (Å²) < 4.78 is 11.3. The molecule has 4 rings (SSSR count). The Morgan fingerprint density at radius 2 is 1.97 bits per heavy atom. The molecule has 0 radical (unpaired) electrons. The lowest BCUT2D eigenvalue weighted by Crippen LogP contribution is -2.52. The standard InChI is InChI=1S/C25H27ClN4O4/c1-30(15-16-7-9-17(33-2)10-8-16)23-19(29-25(32)20-14-27-11-12-28-20)13-22(24(23)31)34-21-6-4-3-5-18(21)26/h3-12,14,19,22-24,31H,13,15H2,1-2H3,(H,29,32)/t19-,22-,23+,24+/m1/s1. The smallest absolute Gasteiger partial charge is 0.271 e. The molecule has 0 spiro atoms. The molecule has 0 bridgehead atoms. The zero-order chi connectivity index (χ0) is 24.1. The van der Waals surface area contributed by atoms with E-state index in [1.165, 1.54) is 18.6 Å². The van der Waals surface area contributed by atoms with Crippen LogP contribution in [0, 0.1) is 0 Å². The molecule has 0 saturated heterocycles. The highest BCUT2D eigenvalue weighted by molar-refractivity contribution is 6.32. The van der Waals surface area contributed by atoms with Crippen LogP contribution in [-0.2, 0) is 6.54 Å². The number of likely N-dealkylation sites (N-methyl/N-ethyl adjacent to an activating group) is 1. The van der Waals surface area contributed by atoms with Crippen molar-refractivity contribution in [1.29, 1.82) is 0 Å². The number of rotatable bonds is 8. The third kappa shape index (κ3) is 5.47. The van der Waals surface area contributed by atoms with Crippen LogP contribution in [0.1, 0.15) is 22.5 Å². The average Bonchev–Trinajstić information content (AvgIpc) is 3.16. The fraction of sp³-hybridized carbons (Fsp3) is 0.320. The topological polar surface area (TPSA) is 96.8 Å². The SMILES string of the molecule is COc1ccc(CN(C)[C@@H]2[C@@H](O)[C@H](Oc3ccccc3Cl)C[C@H]2NC(=O)c2cnccn2)cc1. The van der Waals surface area contributed by atoms with Gasteiger partial charge >= 0.3 is 0 Å². The van der Waals surface area contributed by atoms with E-state index in [-0.39, 0.29) is 17.6 Å². The fourth-order valence-corrected chi connectivity index (χ4v) is 4.48. The second kappa shape index (κ2) is 10.8. The molecule has 1 fully saturated rings. The highest BCUT2D eigenvalue weighted by Crippen LogP contribution is 2.32. The van der Waals surface area contributed by atoms with Crippen LogP contribution in [0.15, 0.2) is 67.1 Å². The van der Waals surface area contributed by atoms with Crippen molar-refractivity contribution in [2.75, 3.05) is 14.2 Å². The lowest BCUT2D eigenvalue weighted by atomic mass is 10.1. The number of nitrogens with zero attached hydrogens (tertiary/aromatic N) is 3. The van der Waals surface area contributed by atoms with Crippen molar-refractivity contribution < 1.29 is 19.4 Å². The molecule has 0 aliphatic heterocycles. The summed E-state index contributed by atoms with van der Waals surface area (Å²) >= 11 is 6.27. The maximum atomic E-state index is 12.8. The number of carbonyl (C=O) groups is 1. The third-order valence-electron chi connectivity index (χ3n) is 5.96. The molecule has 8 nitrogen and oxygen atoms in total. The Balaban J connectivity index is 1.54. The van der Waals surface area contributed by atoms with Crippen LogP contribution in [0.4, 0.5) is 0 Å². The van der Waals surface area contributed by atoms with Crippen molar-refractivity contribution in [2.45, 2.75) is 37.3 Å². The van der Waals surface area contributed by atoms with Crippen LogP contribution < -0.4 is 14.8 Å². The molecule has 1 amide bonds. The van der Waals surface area contributed by atoms with Gasteiger partial charge in [-0.3, -0.25) is 14.7 Å². The lowest BCUT2D eigenvalue weighted by Gasteiger charge is -2.32. The summed E-state index contributed by atoms with van der Waals surface area (Å²) in [5.74, 6) is 0.909. The van der Waals surface area contributed by atoms with E-state index in [1.54, 1.807) is 19.2 Å². The zero-order valence-electron chi connectivity index (χ0n) is 19.0. The Morgan fingerprint density at radius 1 is 1.21 bits per heavy atom. The van der Waals surface area contributed by atoms with Gasteiger partial charge in [-0.2, -0.15) is 0 Å². The van der Waals surface area contributed by atoms with Gasteiger partial charge in [-0.15, -0.1) is 0 Å². The monoisotopic (exact) mass is 482 g/mol. The van der Waals surface area contributed by atoms with Crippen molar-refractivity contribution in [3.63, 3.8) is 0 Å². The van der Waals surface area contributed by atoms with E-state index in [0.29, 0.717) is 23.7 Å². The number of para-hydroxylation sites is 1. The quantitative estimate of drug-likeness (QED) is 0.509. The molecule has 1 saturated carbocycles. The number of aliphatic hydroxyl groups excluding tert-OH is 1. The molecular formula is C25H27ClN4O4. The first kappa shape index (κ1) is 23.9. The van der Waals surface area contributed by atoms with Crippen LogP contribution in [-0.4, -0.2) is 64.3 Å². The van der Waals surface area contributed by atoms with Crippen LogP contribution in [0.25, 0.3) is 0 Å². The van der Waals surface area contributed by atoms with Gasteiger partial charge in [0.1, 0.15) is 29.4 Å². The minimum absolute atomic E-state index is 0.212. The Kier molecular flexibility index (Phi) is 7.62. The summed E-state index contributed by atoms with van der Waals surface area (Å²) in [6, 6.07) is 14.1. The number of aromatic nitrogens is 2. The maximum absolute atomic E-state index is 12.8. The predicted molar refractivity (Wildman–Crippen MR) is 128 cm³/mol. The van der Waals surface area contributed by atoms with Crippen molar-refractivity contribution in [2.24, 2.45) is 0 Å². The van der Waals surface area contributed by atoms with Gasteiger partial charge < -0.3 is 19.9 Å². The number of benzene rings is 2. The Labute approximate surface area is 203 Å². The summed E-state index contributed by atoms with van der Waals surface area (Å²) in [5, 5.41) is 14.8. The van der Waals surface area contributed by atoms with E-state index >= 15 is 0 Å². The van der Waals surface area contributed by atoms with Crippen LogP contribution in [0.3, 0.4) is 0 Å². The van der Waals surface area contributed by atoms with Crippen molar-refractivity contribution >= 4 is 17.5 Å². The molecule has 4 atom stereocenters. The normalized spacial score (nSPS) is 21.9. The zero-order valence-corrected chi connectivity index (χ0v) is 19.7. The summed E-state index contributed by atoms with van der Waals surface area (Å²) in [5.41, 5.74) is 1.26. The molecule has 3 aromatic rings. The molecule has 1 aliphatic carbocycles. The number of carbonyl (C=O) groups excluding carboxylic acids is 1. The number of nitrogens with one attached hydrogen (secondary N) is 1. The molecule has 34 heavy (non-hydrogen) atoms. The van der Waals surface area contributed by atoms with Crippen LogP contribution in [0.5, 0.6) is 11.5 Å². The van der Waals surface area contributed by atoms with Crippen molar-refractivity contribution in [3.05, 3.63) is 83.4 Å². The fourth-order valence-electron chi connectivity index (χ4n) is 4.30. The Morgan fingerprint density at radius 3 is 2.65 bits per heavy atom. The average molecular weight is 483 g/mol. The minimum Gasteiger partial charge on any atom is -0.497 e. The van der Waals surface area contributed by atoms with Crippen molar-refractivity contribution in [3.8, 4) is 11.5 Å². The summed E-state index contributed by atoms with van der Waals surface area (Å²) in [4.78, 5) is 22.9. The summed E-state index contributed by atoms with van der Waals surface area (Å²) in [6.07, 6.45) is 3.36. The van der Waals surface area contributed by atoms with Crippen LogP contribution >= 0.6 is 11.6 Å². The molecule has 1 heterocycles. The van der Waals surface area contributed by atoms with Gasteiger partial charge in [0.15, 0.2) is 0 Å². The Hall–Kier alpha value is -3.20. The highest BCUT2D eigenvalue weighted by atomic mass is 35.5. The van der Waals surface area contributed by atoms with E-state index in [0.717, 1.165) is 11.3 Å². The van der Waals surface area contributed by atoms with Gasteiger partial charge in [0.25, 0.3) is 5.91 Å². The van der Waals surface area contributed by atoms with Gasteiger partial charge in [-0.1, -0.05) is 35.9 Å². The first-order chi connectivity index (χ1) is 16.5. The number of amides is 1. The molecule has 1 aliphatic rings. The van der Waals surface area contributed by atoms with Gasteiger partial charge in [0, 0.05) is 25.4 Å². The molecule has 178 valence electrons. The van der Waals surface area contributed by atoms with Crippen molar-refractivity contribution in [1.82, 2.24) is 20.2 Å². The molecular weight excluding hydrogens is 456 g/mol. The molecule has 0 unspecified atom stereocenters. The van der Waals surface area contributed by atoms with Crippen LogP contribution in [0.2, 0.25) is 5.02 Å². The maximum Gasteiger partial charge on any atom is 0.271 e. The number of hydrogen-bond donors (Lipinski definition) is 2. The number of methoxy groups -OCH3 is 1. The molecule has 2 aromatic carbocycles. The number of hydrogen-bond acceptors (Lipinski definition) is 7. The molecule has 1 aromatic heterocycles. The Bertz CT molecular complexity index is 1100. The number of halogens is 1. The lowest BCUT2D eigenvalue weighted by molar-refractivity contribution is 0.0125. The van der Waals surface area contributed by atoms with E-state index in [1.807, 2.05) is 48.3 Å². The summed E-state index contributed by atoms with van der Waals surface area (Å²) in [7, 11) is 3.54. The first-order valence-corrected chi connectivity index (χ1v) is 11.3.